The van der Waals surface area contributed by atoms with Gasteiger partial charge in [-0.25, -0.2) is 0 Å². The molecule has 3 heteroatoms. The zero-order chi connectivity index (χ0) is 13.4. The van der Waals surface area contributed by atoms with Crippen LogP contribution in [0.4, 0.5) is 0 Å². The Morgan fingerprint density at radius 1 is 1.33 bits per heavy atom. The third-order valence-corrected chi connectivity index (χ3v) is 3.57. The van der Waals surface area contributed by atoms with Gasteiger partial charge < -0.3 is 9.53 Å². The van der Waals surface area contributed by atoms with E-state index in [9.17, 15) is 4.79 Å². The summed E-state index contributed by atoms with van der Waals surface area (Å²) < 4.78 is 5.31. The molecule has 98 valence electrons. The van der Waals surface area contributed by atoms with Crippen LogP contribution in [0.1, 0.15) is 25.3 Å². The average Bonchev–Trinajstić information content (AvgIpc) is 2.35. The normalized spacial score (nSPS) is 11.4. The second-order valence-electron chi connectivity index (χ2n) is 4.22. The van der Waals surface area contributed by atoms with Crippen LogP contribution in [0.2, 0.25) is 0 Å². The molecule has 0 radical (unpaired) electrons. The largest absolute Gasteiger partial charge is 0.501 e. The summed E-state index contributed by atoms with van der Waals surface area (Å²) in [7, 11) is 1.68. The average molecular weight is 264 g/mol. The molecule has 0 N–H and O–H groups in total. The molecule has 0 heterocycles. The highest BCUT2D eigenvalue weighted by atomic mass is 32.2. The van der Waals surface area contributed by atoms with Crippen molar-refractivity contribution < 1.29 is 9.53 Å². The fraction of sp³-hybridized carbons (Fsp3) is 0.400. The van der Waals surface area contributed by atoms with Crippen LogP contribution in [0.3, 0.4) is 0 Å². The molecule has 0 spiro atoms. The first-order valence-corrected chi connectivity index (χ1v) is 7.02. The first-order valence-electron chi connectivity index (χ1n) is 6.03. The van der Waals surface area contributed by atoms with Crippen molar-refractivity contribution in [1.29, 1.82) is 0 Å². The summed E-state index contributed by atoms with van der Waals surface area (Å²) in [6.45, 7) is 3.69. The number of Topliss-reactive ketones (excluding diaryl/α,β-unsaturated/α-hetero) is 1. The molecule has 0 aliphatic heterocycles. The molecule has 0 unspecified atom stereocenters. The Morgan fingerprint density at radius 2 is 2.00 bits per heavy atom. The van der Waals surface area contributed by atoms with Crippen molar-refractivity contribution in [3.05, 3.63) is 41.7 Å². The van der Waals surface area contributed by atoms with Gasteiger partial charge in [0.1, 0.15) is 11.5 Å². The molecule has 1 rings (SSSR count). The standard InChI is InChI=1S/C15H20O2S/c1-12-7-9-15(10-8-12)18-11-14(17-3)6-4-5-13(2)16/h6-10H,4-5,11H2,1-3H3. The SMILES string of the molecule is COC(=CCCC(C)=O)CSc1ccc(C)cc1. The van der Waals surface area contributed by atoms with E-state index in [1.807, 2.05) is 6.08 Å². The van der Waals surface area contributed by atoms with Gasteiger partial charge in [-0.15, -0.1) is 11.8 Å². The van der Waals surface area contributed by atoms with Crippen molar-refractivity contribution in [2.75, 3.05) is 12.9 Å². The third kappa shape index (κ3) is 5.92. The molecular formula is C15H20O2S. The van der Waals surface area contributed by atoms with E-state index < -0.39 is 0 Å². The molecule has 1 aromatic carbocycles. The van der Waals surface area contributed by atoms with E-state index in [0.29, 0.717) is 6.42 Å². The molecule has 1 aromatic rings. The Labute approximate surface area is 113 Å². The lowest BCUT2D eigenvalue weighted by Crippen LogP contribution is -1.93. The first-order chi connectivity index (χ1) is 8.61. The van der Waals surface area contributed by atoms with Gasteiger partial charge in [-0.2, -0.15) is 0 Å². The number of ether oxygens (including phenoxy) is 1. The second-order valence-corrected chi connectivity index (χ2v) is 5.27. The van der Waals surface area contributed by atoms with Gasteiger partial charge in [0, 0.05) is 11.3 Å². The van der Waals surface area contributed by atoms with E-state index in [1.54, 1.807) is 25.8 Å². The van der Waals surface area contributed by atoms with Crippen molar-refractivity contribution in [3.63, 3.8) is 0 Å². The highest BCUT2D eigenvalue weighted by molar-refractivity contribution is 7.99. The van der Waals surface area contributed by atoms with E-state index in [1.165, 1.54) is 10.5 Å². The molecule has 2 nitrogen and oxygen atoms in total. The third-order valence-electron chi connectivity index (χ3n) is 2.53. The number of thioether (sulfide) groups is 1. The minimum atomic E-state index is 0.216. The fourth-order valence-electron chi connectivity index (χ4n) is 1.43. The zero-order valence-corrected chi connectivity index (χ0v) is 12.0. The minimum Gasteiger partial charge on any atom is -0.501 e. The van der Waals surface area contributed by atoms with E-state index in [4.69, 9.17) is 4.74 Å². The quantitative estimate of drug-likeness (QED) is 0.550. The van der Waals surface area contributed by atoms with Crippen molar-refractivity contribution >= 4 is 17.5 Å². The number of benzene rings is 1. The Morgan fingerprint density at radius 3 is 2.56 bits per heavy atom. The van der Waals surface area contributed by atoms with Gasteiger partial charge in [-0.3, -0.25) is 0 Å². The van der Waals surface area contributed by atoms with Gasteiger partial charge in [-0.1, -0.05) is 17.7 Å². The van der Waals surface area contributed by atoms with Gasteiger partial charge in [0.25, 0.3) is 0 Å². The zero-order valence-electron chi connectivity index (χ0n) is 11.2. The predicted molar refractivity (Wildman–Crippen MR) is 76.9 cm³/mol. The highest BCUT2D eigenvalue weighted by Gasteiger charge is 2.00. The summed E-state index contributed by atoms with van der Waals surface area (Å²) in [6, 6.07) is 8.44. The smallest absolute Gasteiger partial charge is 0.130 e. The first kappa shape index (κ1) is 14.8. The summed E-state index contributed by atoms with van der Waals surface area (Å²) in [4.78, 5) is 12.1. The van der Waals surface area contributed by atoms with Crippen LogP contribution >= 0.6 is 11.8 Å². The minimum absolute atomic E-state index is 0.216. The number of allylic oxidation sites excluding steroid dienone is 1. The number of methoxy groups -OCH3 is 1. The number of hydrogen-bond donors (Lipinski definition) is 0. The maximum absolute atomic E-state index is 10.8. The molecule has 0 saturated carbocycles. The fourth-order valence-corrected chi connectivity index (χ4v) is 2.30. The van der Waals surface area contributed by atoms with Crippen LogP contribution in [0.5, 0.6) is 0 Å². The van der Waals surface area contributed by atoms with Crippen LogP contribution < -0.4 is 0 Å². The summed E-state index contributed by atoms with van der Waals surface area (Å²) in [6.07, 6.45) is 3.34. The Balaban J connectivity index is 2.43. The summed E-state index contributed by atoms with van der Waals surface area (Å²) in [5, 5.41) is 0. The lowest BCUT2D eigenvalue weighted by molar-refractivity contribution is -0.116. The Hall–Kier alpha value is -1.22. The number of hydrogen-bond acceptors (Lipinski definition) is 3. The summed E-state index contributed by atoms with van der Waals surface area (Å²) in [5.74, 6) is 1.95. The molecule has 0 fully saturated rings. The van der Waals surface area contributed by atoms with Gasteiger partial charge >= 0.3 is 0 Å². The number of aryl methyl sites for hydroxylation is 1. The number of rotatable bonds is 7. The maximum Gasteiger partial charge on any atom is 0.130 e. The molecule has 0 bridgehead atoms. The number of carbonyl (C=O) groups is 1. The maximum atomic E-state index is 10.8. The molecular weight excluding hydrogens is 244 g/mol. The summed E-state index contributed by atoms with van der Waals surface area (Å²) >= 11 is 1.74. The van der Waals surface area contributed by atoms with Crippen LogP contribution in [0, 0.1) is 6.92 Å². The second kappa shape index (κ2) is 7.98. The van der Waals surface area contributed by atoms with Gasteiger partial charge in [0.05, 0.1) is 12.9 Å². The Bertz CT molecular complexity index is 407. The van der Waals surface area contributed by atoms with Crippen molar-refractivity contribution in [2.45, 2.75) is 31.6 Å². The van der Waals surface area contributed by atoms with E-state index in [0.717, 1.165) is 17.9 Å². The molecule has 0 saturated heterocycles. The Kier molecular flexibility index (Phi) is 6.58. The number of carbonyl (C=O) groups excluding carboxylic acids is 1. The molecule has 0 aromatic heterocycles. The molecule has 0 atom stereocenters. The lowest BCUT2D eigenvalue weighted by atomic mass is 10.2. The monoisotopic (exact) mass is 264 g/mol. The predicted octanol–water partition coefficient (Wildman–Crippen LogP) is 3.99. The highest BCUT2D eigenvalue weighted by Crippen LogP contribution is 2.21. The molecule has 0 aliphatic carbocycles. The van der Waals surface area contributed by atoms with Crippen molar-refractivity contribution in [1.82, 2.24) is 0 Å². The van der Waals surface area contributed by atoms with Gasteiger partial charge in [-0.05, 0) is 38.5 Å². The molecule has 18 heavy (non-hydrogen) atoms. The van der Waals surface area contributed by atoms with E-state index in [2.05, 4.69) is 31.2 Å². The molecule has 0 aliphatic rings. The van der Waals surface area contributed by atoms with Crippen LogP contribution in [0.25, 0.3) is 0 Å². The van der Waals surface area contributed by atoms with E-state index in [-0.39, 0.29) is 5.78 Å². The van der Waals surface area contributed by atoms with Gasteiger partial charge in [0.2, 0.25) is 0 Å². The number of ketones is 1. The van der Waals surface area contributed by atoms with Crippen LogP contribution in [-0.4, -0.2) is 18.6 Å². The summed E-state index contributed by atoms with van der Waals surface area (Å²) in [5.41, 5.74) is 1.27. The molecule has 0 amide bonds. The topological polar surface area (TPSA) is 26.3 Å². The van der Waals surface area contributed by atoms with Crippen LogP contribution in [0.15, 0.2) is 41.0 Å². The lowest BCUT2D eigenvalue weighted by Gasteiger charge is -2.06. The van der Waals surface area contributed by atoms with Crippen molar-refractivity contribution in [2.24, 2.45) is 0 Å². The van der Waals surface area contributed by atoms with Gasteiger partial charge in [0.15, 0.2) is 0 Å². The van der Waals surface area contributed by atoms with Crippen molar-refractivity contribution in [3.8, 4) is 0 Å². The van der Waals surface area contributed by atoms with Crippen LogP contribution in [-0.2, 0) is 9.53 Å². The van der Waals surface area contributed by atoms with E-state index >= 15 is 0 Å².